The van der Waals surface area contributed by atoms with Gasteiger partial charge in [0.15, 0.2) is 0 Å². The lowest BCUT2D eigenvalue weighted by Gasteiger charge is -2.47. The molecule has 0 bridgehead atoms. The predicted octanol–water partition coefficient (Wildman–Crippen LogP) is 5.29. The van der Waals surface area contributed by atoms with Crippen molar-refractivity contribution in [2.24, 2.45) is 0 Å². The monoisotopic (exact) mass is 553 g/mol. The summed E-state index contributed by atoms with van der Waals surface area (Å²) in [7, 11) is 0. The first-order chi connectivity index (χ1) is 19.9. The molecule has 214 valence electrons. The van der Waals surface area contributed by atoms with E-state index >= 15 is 0 Å². The van der Waals surface area contributed by atoms with E-state index in [0.29, 0.717) is 25.2 Å². The highest BCUT2D eigenvalue weighted by Gasteiger charge is 2.35. The highest BCUT2D eigenvalue weighted by atomic mass is 16.5. The van der Waals surface area contributed by atoms with Crippen LogP contribution in [0.1, 0.15) is 49.9 Å². The summed E-state index contributed by atoms with van der Waals surface area (Å²) >= 11 is 0. The number of phenols is 1. The van der Waals surface area contributed by atoms with Crippen LogP contribution in [0.25, 0.3) is 11.3 Å². The molecule has 1 fully saturated rings. The number of carbonyl (C=O) groups is 1. The Morgan fingerprint density at radius 1 is 0.976 bits per heavy atom. The summed E-state index contributed by atoms with van der Waals surface area (Å²) in [5.74, 6) is 0.0186. The molecule has 0 unspecified atom stereocenters. The van der Waals surface area contributed by atoms with Crippen molar-refractivity contribution in [3.63, 3.8) is 0 Å². The number of hydrogen-bond donors (Lipinski definition) is 1. The van der Waals surface area contributed by atoms with E-state index in [-0.39, 0.29) is 24.2 Å². The van der Waals surface area contributed by atoms with Gasteiger partial charge in [-0.05, 0) is 49.6 Å². The average Bonchev–Trinajstić information content (AvgIpc) is 3.45. The maximum atomic E-state index is 11.7. The first kappa shape index (κ1) is 28.5. The molecule has 1 saturated heterocycles. The number of hydrogen-bond acceptors (Lipinski definition) is 7. The predicted molar refractivity (Wildman–Crippen MR) is 159 cm³/mol. The van der Waals surface area contributed by atoms with Crippen LogP contribution in [0.5, 0.6) is 5.75 Å². The van der Waals surface area contributed by atoms with E-state index in [0.717, 1.165) is 42.0 Å². The van der Waals surface area contributed by atoms with Crippen LogP contribution in [-0.4, -0.2) is 67.6 Å². The zero-order chi connectivity index (χ0) is 28.8. The van der Waals surface area contributed by atoms with E-state index in [1.807, 2.05) is 12.1 Å². The Bertz CT molecular complexity index is 1420. The van der Waals surface area contributed by atoms with Crippen LogP contribution in [0.3, 0.4) is 0 Å². The topological polar surface area (TPSA) is 83.7 Å². The number of nitrogens with zero attached hydrogens (tertiary/aromatic N) is 5. The summed E-state index contributed by atoms with van der Waals surface area (Å²) in [5.41, 5.74) is 5.27. The van der Waals surface area contributed by atoms with Gasteiger partial charge in [0.05, 0.1) is 31.8 Å². The van der Waals surface area contributed by atoms with Crippen LogP contribution < -0.4 is 0 Å². The number of rotatable bonds is 10. The summed E-state index contributed by atoms with van der Waals surface area (Å²) in [6.45, 7) is 9.94. The first-order valence-electron chi connectivity index (χ1n) is 14.4. The van der Waals surface area contributed by atoms with E-state index in [9.17, 15) is 9.90 Å². The van der Waals surface area contributed by atoms with Gasteiger partial charge >= 0.3 is 5.97 Å². The van der Waals surface area contributed by atoms with Crippen LogP contribution in [0.15, 0.2) is 85.1 Å². The normalized spacial score (nSPS) is 18.7. The lowest BCUT2D eigenvalue weighted by Crippen LogP contribution is -2.56. The smallest absolute Gasteiger partial charge is 0.307 e. The fourth-order valence-corrected chi connectivity index (χ4v) is 5.69. The molecule has 3 atom stereocenters. The van der Waals surface area contributed by atoms with E-state index < -0.39 is 0 Å². The standard InChI is InChI=1S/C33H39N5O3/c1-4-41-32(40)17-18-38-34-20-31(35-38)27-13-15-28(16-14-27)33(29-11-8-12-30(39)19-29)37-22-24(2)36(21-25(37)3)23-26-9-6-5-7-10-26/h5-16,19-20,24-25,33,39H,4,17-18,21-23H2,1-3H3/t24-,25+,33-/m1/s1. The summed E-state index contributed by atoms with van der Waals surface area (Å²) in [4.78, 5) is 18.3. The van der Waals surface area contributed by atoms with Gasteiger partial charge in [0.1, 0.15) is 11.4 Å². The third kappa shape index (κ3) is 7.01. The number of carbonyl (C=O) groups excluding carboxylic acids is 1. The lowest BCUT2D eigenvalue weighted by atomic mass is 9.92. The number of ether oxygens (including phenoxy) is 1. The zero-order valence-corrected chi connectivity index (χ0v) is 24.1. The number of phenolic OH excluding ortho intramolecular Hbond substituents is 1. The van der Waals surface area contributed by atoms with Crippen LogP contribution in [0.4, 0.5) is 0 Å². The summed E-state index contributed by atoms with van der Waals surface area (Å²) in [6.07, 6.45) is 1.96. The molecule has 8 heteroatoms. The minimum atomic E-state index is -0.252. The van der Waals surface area contributed by atoms with Crippen molar-refractivity contribution in [1.82, 2.24) is 24.8 Å². The summed E-state index contributed by atoms with van der Waals surface area (Å²) < 4.78 is 5.00. The highest BCUT2D eigenvalue weighted by Crippen LogP contribution is 2.35. The minimum Gasteiger partial charge on any atom is -0.508 e. The SMILES string of the molecule is CCOC(=O)CCn1ncc(-c2ccc([C@H](c3cccc(O)c3)N3C[C@@H](C)N(Cc4ccccc4)C[C@@H]3C)cc2)n1. The number of aryl methyl sites for hydroxylation is 1. The lowest BCUT2D eigenvalue weighted by molar-refractivity contribution is -0.143. The molecule has 1 N–H and O–H groups in total. The first-order valence-corrected chi connectivity index (χ1v) is 14.4. The molecule has 0 amide bonds. The van der Waals surface area contributed by atoms with Gasteiger partial charge in [0, 0.05) is 37.3 Å². The molecule has 1 aliphatic heterocycles. The van der Waals surface area contributed by atoms with E-state index in [2.05, 4.69) is 94.5 Å². The summed E-state index contributed by atoms with van der Waals surface area (Å²) in [5, 5.41) is 19.2. The van der Waals surface area contributed by atoms with Crippen LogP contribution in [0.2, 0.25) is 0 Å². The number of benzene rings is 3. The quantitative estimate of drug-likeness (QED) is 0.267. The number of piperazine rings is 1. The van der Waals surface area contributed by atoms with Gasteiger partial charge in [-0.1, -0.05) is 66.7 Å². The largest absolute Gasteiger partial charge is 0.508 e. The van der Waals surface area contributed by atoms with E-state index in [4.69, 9.17) is 4.74 Å². The fourth-order valence-electron chi connectivity index (χ4n) is 5.69. The van der Waals surface area contributed by atoms with E-state index in [1.165, 1.54) is 10.4 Å². The Kier molecular flexibility index (Phi) is 9.11. The number of aromatic hydroxyl groups is 1. The Morgan fingerprint density at radius 3 is 2.49 bits per heavy atom. The van der Waals surface area contributed by atoms with Gasteiger partial charge in [-0.25, -0.2) is 0 Å². The number of esters is 1. The Labute approximate surface area is 242 Å². The minimum absolute atomic E-state index is 0.00673. The van der Waals surface area contributed by atoms with Crippen molar-refractivity contribution in [2.75, 3.05) is 19.7 Å². The van der Waals surface area contributed by atoms with Crippen molar-refractivity contribution in [3.8, 4) is 17.0 Å². The molecule has 4 aromatic rings. The van der Waals surface area contributed by atoms with Crippen molar-refractivity contribution in [1.29, 1.82) is 0 Å². The van der Waals surface area contributed by atoms with E-state index in [1.54, 1.807) is 19.2 Å². The second-order valence-corrected chi connectivity index (χ2v) is 10.8. The number of aromatic nitrogens is 3. The molecule has 0 radical (unpaired) electrons. The molecular formula is C33H39N5O3. The molecule has 0 aliphatic carbocycles. The molecule has 0 spiro atoms. The third-order valence-corrected chi connectivity index (χ3v) is 7.79. The third-order valence-electron chi connectivity index (χ3n) is 7.79. The molecule has 1 aromatic heterocycles. The second-order valence-electron chi connectivity index (χ2n) is 10.8. The Hall–Kier alpha value is -4.01. The molecule has 2 heterocycles. The molecule has 1 aliphatic rings. The van der Waals surface area contributed by atoms with Crippen molar-refractivity contribution in [2.45, 2.75) is 58.4 Å². The Morgan fingerprint density at radius 2 is 1.76 bits per heavy atom. The van der Waals surface area contributed by atoms with Crippen molar-refractivity contribution >= 4 is 5.97 Å². The second kappa shape index (κ2) is 13.1. The molecule has 8 nitrogen and oxygen atoms in total. The average molecular weight is 554 g/mol. The summed E-state index contributed by atoms with van der Waals surface area (Å²) in [6, 6.07) is 27.4. The Balaban J connectivity index is 1.36. The zero-order valence-electron chi connectivity index (χ0n) is 24.1. The molecule has 3 aromatic carbocycles. The molecular weight excluding hydrogens is 514 g/mol. The maximum absolute atomic E-state index is 11.7. The van der Waals surface area contributed by atoms with Gasteiger partial charge in [-0.3, -0.25) is 14.6 Å². The van der Waals surface area contributed by atoms with Crippen LogP contribution >= 0.6 is 0 Å². The van der Waals surface area contributed by atoms with Crippen molar-refractivity contribution < 1.29 is 14.6 Å². The van der Waals surface area contributed by atoms with Gasteiger partial charge in [0.2, 0.25) is 0 Å². The van der Waals surface area contributed by atoms with Crippen LogP contribution in [0, 0.1) is 0 Å². The van der Waals surface area contributed by atoms with Crippen LogP contribution in [-0.2, 0) is 22.6 Å². The molecule has 5 rings (SSSR count). The maximum Gasteiger partial charge on any atom is 0.307 e. The fraction of sp³-hybridized carbons (Fsp3) is 0.364. The van der Waals surface area contributed by atoms with Gasteiger partial charge in [0.25, 0.3) is 0 Å². The van der Waals surface area contributed by atoms with Crippen molar-refractivity contribution in [3.05, 3.63) is 102 Å². The molecule has 0 saturated carbocycles. The van der Waals surface area contributed by atoms with Gasteiger partial charge < -0.3 is 9.84 Å². The molecule has 41 heavy (non-hydrogen) atoms. The van der Waals surface area contributed by atoms with Gasteiger partial charge in [-0.2, -0.15) is 15.0 Å². The highest BCUT2D eigenvalue weighted by molar-refractivity contribution is 5.69. The van der Waals surface area contributed by atoms with Gasteiger partial charge in [-0.15, -0.1) is 0 Å².